The van der Waals surface area contributed by atoms with Crippen LogP contribution in [0, 0.1) is 26.6 Å². The Kier molecular flexibility index (Phi) is 5.13. The van der Waals surface area contributed by atoms with Crippen molar-refractivity contribution in [3.63, 3.8) is 0 Å². The lowest BCUT2D eigenvalue weighted by Gasteiger charge is -2.18. The first-order chi connectivity index (χ1) is 10.0. The van der Waals surface area contributed by atoms with Crippen LogP contribution in [0.15, 0.2) is 36.4 Å². The van der Waals surface area contributed by atoms with E-state index in [9.17, 15) is 4.39 Å². The molecule has 0 amide bonds. The highest BCUT2D eigenvalue weighted by atomic mass is 19.1. The summed E-state index contributed by atoms with van der Waals surface area (Å²) in [5.41, 5.74) is 5.15. The van der Waals surface area contributed by atoms with Crippen LogP contribution < -0.4 is 5.32 Å². The molecular formula is C19H24FN. The maximum Gasteiger partial charge on any atom is 0.129 e. The molecule has 0 spiro atoms. The summed E-state index contributed by atoms with van der Waals surface area (Å²) in [5.74, 6) is -0.0932. The second-order valence-electron chi connectivity index (χ2n) is 5.80. The number of nitrogens with one attached hydrogen (secondary N) is 1. The molecule has 1 unspecified atom stereocenters. The third kappa shape index (κ3) is 3.92. The van der Waals surface area contributed by atoms with Gasteiger partial charge in [0.1, 0.15) is 5.82 Å². The molecule has 0 radical (unpaired) electrons. The van der Waals surface area contributed by atoms with Gasteiger partial charge in [0.05, 0.1) is 0 Å². The van der Waals surface area contributed by atoms with Gasteiger partial charge in [-0.25, -0.2) is 4.39 Å². The summed E-state index contributed by atoms with van der Waals surface area (Å²) in [7, 11) is 0. The van der Waals surface area contributed by atoms with E-state index < -0.39 is 0 Å². The van der Waals surface area contributed by atoms with Crippen molar-refractivity contribution in [2.45, 2.75) is 46.7 Å². The number of aryl methyl sites for hydroxylation is 3. The van der Waals surface area contributed by atoms with Gasteiger partial charge >= 0.3 is 0 Å². The van der Waals surface area contributed by atoms with Gasteiger partial charge in [-0.2, -0.15) is 0 Å². The normalized spacial score (nSPS) is 12.4. The highest BCUT2D eigenvalue weighted by Gasteiger charge is 2.10. The zero-order valence-corrected chi connectivity index (χ0v) is 13.3. The van der Waals surface area contributed by atoms with Crippen molar-refractivity contribution >= 4 is 0 Å². The van der Waals surface area contributed by atoms with Gasteiger partial charge in [-0.15, -0.1) is 0 Å². The van der Waals surface area contributed by atoms with E-state index in [4.69, 9.17) is 0 Å². The SMILES string of the molecule is CCC(NCc1cc(C)c(F)c(C)c1)c1ccc(C)cc1. The Bertz CT molecular complexity index is 578. The van der Waals surface area contributed by atoms with Crippen LogP contribution in [0.25, 0.3) is 0 Å². The summed E-state index contributed by atoms with van der Waals surface area (Å²) >= 11 is 0. The molecule has 0 aliphatic carbocycles. The Balaban J connectivity index is 2.08. The Labute approximate surface area is 127 Å². The van der Waals surface area contributed by atoms with Gasteiger partial charge in [0, 0.05) is 12.6 Å². The van der Waals surface area contributed by atoms with E-state index in [0.717, 1.165) is 29.7 Å². The molecule has 0 aliphatic heterocycles. The first-order valence-electron chi connectivity index (χ1n) is 7.56. The van der Waals surface area contributed by atoms with Crippen molar-refractivity contribution in [2.24, 2.45) is 0 Å². The average Bonchev–Trinajstić information content (AvgIpc) is 2.47. The monoisotopic (exact) mass is 285 g/mol. The molecule has 112 valence electrons. The Morgan fingerprint density at radius 1 is 1.00 bits per heavy atom. The average molecular weight is 285 g/mol. The summed E-state index contributed by atoms with van der Waals surface area (Å²) in [6, 6.07) is 12.8. The van der Waals surface area contributed by atoms with Crippen LogP contribution >= 0.6 is 0 Å². The van der Waals surface area contributed by atoms with Crippen molar-refractivity contribution in [3.8, 4) is 0 Å². The fourth-order valence-corrected chi connectivity index (χ4v) is 2.68. The Hall–Kier alpha value is -1.67. The standard InChI is InChI=1S/C19H24FN/c1-5-18(17-8-6-13(2)7-9-17)21-12-16-10-14(3)19(20)15(4)11-16/h6-11,18,21H,5,12H2,1-4H3. The minimum absolute atomic E-state index is 0.0932. The summed E-state index contributed by atoms with van der Waals surface area (Å²) in [6.45, 7) is 8.68. The van der Waals surface area contributed by atoms with Crippen LogP contribution in [0.1, 0.15) is 47.2 Å². The molecule has 1 atom stereocenters. The quantitative estimate of drug-likeness (QED) is 0.816. The molecule has 2 aromatic rings. The van der Waals surface area contributed by atoms with Gasteiger partial charge in [-0.3, -0.25) is 0 Å². The minimum Gasteiger partial charge on any atom is -0.306 e. The van der Waals surface area contributed by atoms with Gasteiger partial charge in [0.25, 0.3) is 0 Å². The molecular weight excluding hydrogens is 261 g/mol. The van der Waals surface area contributed by atoms with E-state index in [1.807, 2.05) is 26.0 Å². The number of hydrogen-bond acceptors (Lipinski definition) is 1. The second-order valence-corrected chi connectivity index (χ2v) is 5.80. The van der Waals surface area contributed by atoms with Crippen LogP contribution in [-0.2, 0) is 6.54 Å². The molecule has 0 saturated carbocycles. The molecule has 0 fully saturated rings. The van der Waals surface area contributed by atoms with Crippen molar-refractivity contribution in [1.29, 1.82) is 0 Å². The maximum atomic E-state index is 13.7. The number of benzene rings is 2. The van der Waals surface area contributed by atoms with Crippen LogP contribution in [0.5, 0.6) is 0 Å². The zero-order chi connectivity index (χ0) is 15.4. The van der Waals surface area contributed by atoms with Gasteiger partial charge in [-0.1, -0.05) is 48.9 Å². The van der Waals surface area contributed by atoms with E-state index in [0.29, 0.717) is 6.04 Å². The molecule has 0 heterocycles. The molecule has 0 saturated heterocycles. The smallest absolute Gasteiger partial charge is 0.129 e. The predicted molar refractivity (Wildman–Crippen MR) is 86.9 cm³/mol. The van der Waals surface area contributed by atoms with E-state index in [-0.39, 0.29) is 5.82 Å². The van der Waals surface area contributed by atoms with Crippen LogP contribution in [-0.4, -0.2) is 0 Å². The van der Waals surface area contributed by atoms with E-state index in [1.54, 1.807) is 0 Å². The third-order valence-electron chi connectivity index (χ3n) is 3.94. The van der Waals surface area contributed by atoms with Gasteiger partial charge in [0.15, 0.2) is 0 Å². The summed E-state index contributed by atoms with van der Waals surface area (Å²) in [6.07, 6.45) is 1.03. The summed E-state index contributed by atoms with van der Waals surface area (Å²) < 4.78 is 13.7. The first kappa shape index (κ1) is 15.7. The Morgan fingerprint density at radius 3 is 2.10 bits per heavy atom. The topological polar surface area (TPSA) is 12.0 Å². The largest absolute Gasteiger partial charge is 0.306 e. The molecule has 0 aliphatic rings. The van der Waals surface area contributed by atoms with E-state index >= 15 is 0 Å². The highest BCUT2D eigenvalue weighted by Crippen LogP contribution is 2.19. The third-order valence-corrected chi connectivity index (χ3v) is 3.94. The maximum absolute atomic E-state index is 13.7. The molecule has 1 N–H and O–H groups in total. The predicted octanol–water partition coefficient (Wildman–Crippen LogP) is 4.99. The molecule has 2 rings (SSSR count). The fourth-order valence-electron chi connectivity index (χ4n) is 2.68. The molecule has 2 heteroatoms. The summed E-state index contributed by atoms with van der Waals surface area (Å²) in [4.78, 5) is 0. The summed E-state index contributed by atoms with van der Waals surface area (Å²) in [5, 5.41) is 3.57. The highest BCUT2D eigenvalue weighted by molar-refractivity contribution is 5.31. The van der Waals surface area contributed by atoms with Crippen molar-refractivity contribution in [2.75, 3.05) is 0 Å². The van der Waals surface area contributed by atoms with Crippen LogP contribution in [0.3, 0.4) is 0 Å². The Morgan fingerprint density at radius 2 is 1.57 bits per heavy atom. The molecule has 2 aromatic carbocycles. The molecule has 0 aromatic heterocycles. The fraction of sp³-hybridized carbons (Fsp3) is 0.368. The zero-order valence-electron chi connectivity index (χ0n) is 13.3. The van der Waals surface area contributed by atoms with Gasteiger partial charge < -0.3 is 5.32 Å². The lowest BCUT2D eigenvalue weighted by molar-refractivity contribution is 0.517. The second kappa shape index (κ2) is 6.86. The minimum atomic E-state index is -0.0932. The molecule has 0 bridgehead atoms. The van der Waals surface area contributed by atoms with Crippen molar-refractivity contribution < 1.29 is 4.39 Å². The van der Waals surface area contributed by atoms with Gasteiger partial charge in [-0.05, 0) is 49.4 Å². The van der Waals surface area contributed by atoms with Gasteiger partial charge in [0.2, 0.25) is 0 Å². The van der Waals surface area contributed by atoms with Crippen LogP contribution in [0.4, 0.5) is 4.39 Å². The molecule has 1 nitrogen and oxygen atoms in total. The lowest BCUT2D eigenvalue weighted by atomic mass is 10.0. The van der Waals surface area contributed by atoms with Crippen molar-refractivity contribution in [3.05, 3.63) is 70.0 Å². The van der Waals surface area contributed by atoms with Crippen LogP contribution in [0.2, 0.25) is 0 Å². The number of rotatable bonds is 5. The lowest BCUT2D eigenvalue weighted by Crippen LogP contribution is -2.20. The number of hydrogen-bond donors (Lipinski definition) is 1. The van der Waals surface area contributed by atoms with E-state index in [1.165, 1.54) is 11.1 Å². The van der Waals surface area contributed by atoms with Crippen molar-refractivity contribution in [1.82, 2.24) is 5.32 Å². The van der Waals surface area contributed by atoms with E-state index in [2.05, 4.69) is 43.4 Å². The number of halogens is 1. The molecule has 21 heavy (non-hydrogen) atoms. The first-order valence-corrected chi connectivity index (χ1v) is 7.56.